The molecule has 1 aromatic rings. The number of methoxy groups -OCH3 is 2. The molecule has 1 N–H and O–H groups in total. The van der Waals surface area contributed by atoms with Crippen molar-refractivity contribution in [1.29, 1.82) is 0 Å². The van der Waals surface area contributed by atoms with Crippen molar-refractivity contribution in [2.75, 3.05) is 20.8 Å². The second-order valence-electron chi connectivity index (χ2n) is 7.10. The molecule has 1 unspecified atom stereocenters. The van der Waals surface area contributed by atoms with E-state index in [0.717, 1.165) is 24.3 Å². The van der Waals surface area contributed by atoms with E-state index in [9.17, 15) is 14.7 Å². The zero-order chi connectivity index (χ0) is 21.8. The molecule has 30 heavy (non-hydrogen) atoms. The molecule has 0 spiro atoms. The van der Waals surface area contributed by atoms with Crippen molar-refractivity contribution in [3.63, 3.8) is 0 Å². The molecule has 162 valence electrons. The molecule has 0 aliphatic heterocycles. The smallest absolute Gasteiger partial charge is 0.335 e. The van der Waals surface area contributed by atoms with E-state index in [4.69, 9.17) is 9.47 Å². The lowest BCUT2D eigenvalue weighted by atomic mass is 9.91. The van der Waals surface area contributed by atoms with Crippen molar-refractivity contribution in [3.05, 3.63) is 54.3 Å². The number of aliphatic hydroxyl groups is 1. The lowest BCUT2D eigenvalue weighted by molar-refractivity contribution is -0.150. The topological polar surface area (TPSA) is 82.1 Å². The first kappa shape index (κ1) is 23.5. The molecular formula is C24H30O6. The van der Waals surface area contributed by atoms with Crippen molar-refractivity contribution in [1.82, 2.24) is 0 Å². The molecule has 1 aliphatic carbocycles. The average molecular weight is 414 g/mol. The van der Waals surface area contributed by atoms with Crippen LogP contribution in [0.2, 0.25) is 0 Å². The average Bonchev–Trinajstić information content (AvgIpc) is 3.12. The highest BCUT2D eigenvalue weighted by Crippen LogP contribution is 2.32. The summed E-state index contributed by atoms with van der Waals surface area (Å²) in [5.74, 6) is 1.37. The molecule has 3 atom stereocenters. The standard InChI is InChI=1S/C24H30O6/c1-28-19-12-14-20(15-13-19)30-17-7-6-8-18-11-16-22(25)21(18)9-4-3-5-10-23(26)24(27)29-2/h4-6,8,12-15,18,21,23,26H,7,9-11,16-17H2,1-2H3/b8-6+/t3?,18-,21+,23?/m0/s1. The number of benzene rings is 1. The summed E-state index contributed by atoms with van der Waals surface area (Å²) >= 11 is 0. The fourth-order valence-corrected chi connectivity index (χ4v) is 3.35. The van der Waals surface area contributed by atoms with E-state index >= 15 is 0 Å². The van der Waals surface area contributed by atoms with Crippen LogP contribution < -0.4 is 9.47 Å². The molecule has 1 aromatic carbocycles. The van der Waals surface area contributed by atoms with Crippen LogP contribution in [0.4, 0.5) is 0 Å². The number of ketones is 1. The Labute approximate surface area is 177 Å². The highest BCUT2D eigenvalue weighted by atomic mass is 16.5. The number of carbonyl (C=O) groups is 2. The fourth-order valence-electron chi connectivity index (χ4n) is 3.35. The zero-order valence-electron chi connectivity index (χ0n) is 17.6. The van der Waals surface area contributed by atoms with Gasteiger partial charge in [0.05, 0.1) is 20.8 Å². The summed E-state index contributed by atoms with van der Waals surface area (Å²) in [6.45, 7) is 0.569. The van der Waals surface area contributed by atoms with Crippen molar-refractivity contribution in [3.8, 4) is 11.5 Å². The highest BCUT2D eigenvalue weighted by molar-refractivity contribution is 5.83. The van der Waals surface area contributed by atoms with E-state index in [1.165, 1.54) is 7.11 Å². The van der Waals surface area contributed by atoms with Gasteiger partial charge < -0.3 is 19.3 Å². The van der Waals surface area contributed by atoms with E-state index in [2.05, 4.69) is 22.6 Å². The van der Waals surface area contributed by atoms with Gasteiger partial charge in [-0.3, -0.25) is 4.79 Å². The minimum atomic E-state index is -1.18. The molecule has 1 saturated carbocycles. The number of ether oxygens (including phenoxy) is 3. The summed E-state index contributed by atoms with van der Waals surface area (Å²) in [6, 6.07) is 7.46. The molecule has 1 aliphatic rings. The second kappa shape index (κ2) is 12.7. The Morgan fingerprint density at radius 1 is 1.23 bits per heavy atom. The molecule has 0 radical (unpaired) electrons. The van der Waals surface area contributed by atoms with Gasteiger partial charge in [0.25, 0.3) is 0 Å². The largest absolute Gasteiger partial charge is 0.497 e. The number of allylic oxidation sites excluding steroid dienone is 1. The van der Waals surface area contributed by atoms with Crippen molar-refractivity contribution < 1.29 is 28.9 Å². The van der Waals surface area contributed by atoms with E-state index in [0.29, 0.717) is 19.4 Å². The number of hydrogen-bond acceptors (Lipinski definition) is 6. The molecule has 0 saturated heterocycles. The van der Waals surface area contributed by atoms with Crippen LogP contribution in [0.3, 0.4) is 0 Å². The Bertz CT molecular complexity index is 773. The Morgan fingerprint density at radius 3 is 2.67 bits per heavy atom. The van der Waals surface area contributed by atoms with Crippen LogP contribution in [-0.2, 0) is 14.3 Å². The molecule has 1 fully saturated rings. The Kier molecular flexibility index (Phi) is 9.92. The van der Waals surface area contributed by atoms with Crippen LogP contribution in [0.5, 0.6) is 11.5 Å². The first-order valence-corrected chi connectivity index (χ1v) is 10.2. The summed E-state index contributed by atoms with van der Waals surface area (Å²) in [5, 5.41) is 9.51. The Balaban J connectivity index is 1.75. The fraction of sp³-hybridized carbons (Fsp3) is 0.458. The number of rotatable bonds is 11. The van der Waals surface area contributed by atoms with E-state index in [1.807, 2.05) is 24.3 Å². The predicted molar refractivity (Wildman–Crippen MR) is 113 cm³/mol. The molecule has 6 heteroatoms. The number of carbonyl (C=O) groups excluding carboxylic acids is 2. The van der Waals surface area contributed by atoms with Crippen molar-refractivity contribution in [2.24, 2.45) is 11.8 Å². The summed E-state index contributed by atoms with van der Waals surface area (Å²) in [7, 11) is 2.86. The quantitative estimate of drug-likeness (QED) is 0.258. The van der Waals surface area contributed by atoms with E-state index in [1.54, 1.807) is 19.3 Å². The lowest BCUT2D eigenvalue weighted by Crippen LogP contribution is -2.20. The van der Waals surface area contributed by atoms with E-state index < -0.39 is 12.1 Å². The first-order valence-electron chi connectivity index (χ1n) is 10.2. The van der Waals surface area contributed by atoms with Crippen LogP contribution in [0.15, 0.2) is 54.3 Å². The number of hydrogen-bond donors (Lipinski definition) is 1. The van der Waals surface area contributed by atoms with Gasteiger partial charge in [-0.05, 0) is 61.6 Å². The molecular weight excluding hydrogens is 384 g/mol. The third-order valence-electron chi connectivity index (χ3n) is 5.07. The third kappa shape index (κ3) is 7.54. The maximum absolute atomic E-state index is 12.2. The van der Waals surface area contributed by atoms with Gasteiger partial charge >= 0.3 is 5.97 Å². The van der Waals surface area contributed by atoms with Crippen molar-refractivity contribution >= 4 is 11.8 Å². The van der Waals surface area contributed by atoms with Crippen molar-refractivity contribution in [2.45, 2.75) is 38.2 Å². The van der Waals surface area contributed by atoms with Gasteiger partial charge in [0, 0.05) is 18.8 Å². The van der Waals surface area contributed by atoms with Crippen LogP contribution in [-0.4, -0.2) is 43.8 Å². The molecule has 0 bridgehead atoms. The van der Waals surface area contributed by atoms with Crippen LogP contribution in [0.25, 0.3) is 0 Å². The summed E-state index contributed by atoms with van der Waals surface area (Å²) in [5.41, 5.74) is 2.94. The molecule has 0 heterocycles. The molecule has 6 nitrogen and oxygen atoms in total. The summed E-state index contributed by atoms with van der Waals surface area (Å²) < 4.78 is 15.3. The molecule has 2 rings (SSSR count). The molecule has 0 amide bonds. The maximum Gasteiger partial charge on any atom is 0.335 e. The van der Waals surface area contributed by atoms with E-state index in [-0.39, 0.29) is 24.0 Å². The van der Waals surface area contributed by atoms with Crippen LogP contribution >= 0.6 is 0 Å². The number of esters is 1. The normalized spacial score (nSPS) is 19.2. The molecule has 0 aromatic heterocycles. The summed E-state index contributed by atoms with van der Waals surface area (Å²) in [6.07, 6.45) is 9.36. The monoisotopic (exact) mass is 414 g/mol. The van der Waals surface area contributed by atoms with Gasteiger partial charge in [-0.1, -0.05) is 12.2 Å². The van der Waals surface area contributed by atoms with Gasteiger partial charge in [-0.2, -0.15) is 0 Å². The minimum Gasteiger partial charge on any atom is -0.497 e. The number of Topliss-reactive ketones (excluding diaryl/α,β-unsaturated/α-hetero) is 1. The Hall–Kier alpha value is -2.82. The first-order chi connectivity index (χ1) is 14.5. The maximum atomic E-state index is 12.2. The predicted octanol–water partition coefficient (Wildman–Crippen LogP) is 3.64. The SMILES string of the molecule is COC(=O)C(O)CC=C=CC[C@H]1C(=O)CC[C@@H]1/C=C/CCOc1ccc(OC)cc1. The zero-order valence-corrected chi connectivity index (χ0v) is 17.6. The number of aliphatic hydroxyl groups excluding tert-OH is 1. The second-order valence-corrected chi connectivity index (χ2v) is 7.10. The summed E-state index contributed by atoms with van der Waals surface area (Å²) in [4.78, 5) is 23.3. The lowest BCUT2D eigenvalue weighted by Gasteiger charge is -2.12. The van der Waals surface area contributed by atoms with Gasteiger partial charge in [0.1, 0.15) is 17.3 Å². The van der Waals surface area contributed by atoms with Gasteiger partial charge in [0.2, 0.25) is 0 Å². The Morgan fingerprint density at radius 2 is 1.97 bits per heavy atom. The minimum absolute atomic E-state index is 0.0461. The highest BCUT2D eigenvalue weighted by Gasteiger charge is 2.31. The van der Waals surface area contributed by atoms with Gasteiger partial charge in [-0.15, -0.1) is 5.73 Å². The van der Waals surface area contributed by atoms with Crippen LogP contribution in [0, 0.1) is 11.8 Å². The van der Waals surface area contributed by atoms with Gasteiger partial charge in [0.15, 0.2) is 6.10 Å². The third-order valence-corrected chi connectivity index (χ3v) is 5.07. The van der Waals surface area contributed by atoms with Gasteiger partial charge in [-0.25, -0.2) is 4.79 Å². The van der Waals surface area contributed by atoms with Crippen LogP contribution in [0.1, 0.15) is 32.1 Å².